The third-order valence-electron chi connectivity index (χ3n) is 4.40. The van der Waals surface area contributed by atoms with Gasteiger partial charge in [-0.2, -0.15) is 0 Å². The fourth-order valence-corrected chi connectivity index (χ4v) is 3.29. The molecular formula is C13H22O. The summed E-state index contributed by atoms with van der Waals surface area (Å²) in [5.74, 6) is 1.41. The molecule has 1 aliphatic heterocycles. The molecule has 1 heterocycles. The molecule has 1 aliphatic carbocycles. The first-order chi connectivity index (χ1) is 6.36. The molecule has 0 bridgehead atoms. The summed E-state index contributed by atoms with van der Waals surface area (Å²) in [7, 11) is 0. The minimum absolute atomic E-state index is 0.0680. The molecule has 0 spiro atoms. The van der Waals surface area contributed by atoms with Crippen LogP contribution in [0.25, 0.3) is 0 Å². The molecule has 2 aliphatic rings. The van der Waals surface area contributed by atoms with E-state index in [1.54, 1.807) is 0 Å². The minimum Gasteiger partial charge on any atom is -0.374 e. The maximum atomic E-state index is 5.97. The van der Waals surface area contributed by atoms with Crippen LogP contribution in [0.2, 0.25) is 0 Å². The highest BCUT2D eigenvalue weighted by Crippen LogP contribution is 2.54. The average molecular weight is 194 g/mol. The quantitative estimate of drug-likeness (QED) is 0.537. The van der Waals surface area contributed by atoms with Gasteiger partial charge in [0.05, 0.1) is 12.2 Å². The summed E-state index contributed by atoms with van der Waals surface area (Å²) >= 11 is 0. The lowest BCUT2D eigenvalue weighted by Crippen LogP contribution is -2.39. The maximum absolute atomic E-state index is 5.97. The number of fused-ring (bicyclic) bond motifs is 1. The Hall–Kier alpha value is -0.300. The SMILES string of the molecule is CC1=CC(C)CC2C(C)(C)OCC12C. The Kier molecular flexibility index (Phi) is 2.08. The van der Waals surface area contributed by atoms with E-state index in [2.05, 4.69) is 40.7 Å². The summed E-state index contributed by atoms with van der Waals surface area (Å²) in [5, 5.41) is 0. The fourth-order valence-electron chi connectivity index (χ4n) is 3.29. The predicted molar refractivity (Wildman–Crippen MR) is 59.2 cm³/mol. The van der Waals surface area contributed by atoms with E-state index < -0.39 is 0 Å². The molecule has 80 valence electrons. The van der Waals surface area contributed by atoms with Crippen molar-refractivity contribution in [3.05, 3.63) is 11.6 Å². The minimum atomic E-state index is 0.0680. The van der Waals surface area contributed by atoms with E-state index in [1.165, 1.54) is 12.0 Å². The van der Waals surface area contributed by atoms with Crippen LogP contribution in [-0.2, 0) is 4.74 Å². The highest BCUT2D eigenvalue weighted by molar-refractivity contribution is 5.22. The van der Waals surface area contributed by atoms with Crippen molar-refractivity contribution in [2.45, 2.75) is 46.6 Å². The Morgan fingerprint density at radius 1 is 1.36 bits per heavy atom. The summed E-state index contributed by atoms with van der Waals surface area (Å²) in [6.45, 7) is 12.3. The smallest absolute Gasteiger partial charge is 0.0664 e. The summed E-state index contributed by atoms with van der Waals surface area (Å²) in [6.07, 6.45) is 3.71. The zero-order valence-corrected chi connectivity index (χ0v) is 10.1. The van der Waals surface area contributed by atoms with Crippen LogP contribution in [0, 0.1) is 17.3 Å². The second kappa shape index (κ2) is 2.85. The highest BCUT2D eigenvalue weighted by Gasteiger charge is 2.53. The first-order valence-corrected chi connectivity index (χ1v) is 5.69. The van der Waals surface area contributed by atoms with Gasteiger partial charge in [-0.3, -0.25) is 0 Å². The molecule has 1 nitrogen and oxygen atoms in total. The summed E-state index contributed by atoms with van der Waals surface area (Å²) in [5.41, 5.74) is 1.90. The summed E-state index contributed by atoms with van der Waals surface area (Å²) in [6, 6.07) is 0. The Labute approximate surface area is 87.5 Å². The second-order valence-electron chi connectivity index (χ2n) is 5.92. The van der Waals surface area contributed by atoms with Crippen LogP contribution < -0.4 is 0 Å². The Morgan fingerprint density at radius 2 is 2.00 bits per heavy atom. The van der Waals surface area contributed by atoms with E-state index in [9.17, 15) is 0 Å². The molecule has 3 unspecified atom stereocenters. The monoisotopic (exact) mass is 194 g/mol. The highest BCUT2D eigenvalue weighted by atomic mass is 16.5. The van der Waals surface area contributed by atoms with Crippen LogP contribution in [0.15, 0.2) is 11.6 Å². The Balaban J connectivity index is 2.39. The van der Waals surface area contributed by atoms with E-state index in [-0.39, 0.29) is 5.60 Å². The molecule has 0 amide bonds. The van der Waals surface area contributed by atoms with Crippen LogP contribution >= 0.6 is 0 Å². The number of ether oxygens (including phenoxy) is 1. The standard InChI is InChI=1S/C13H22O/c1-9-6-10(2)13(5)8-14-12(3,4)11(13)7-9/h6,9,11H,7-8H2,1-5H3. The fraction of sp³-hybridized carbons (Fsp3) is 0.846. The lowest BCUT2D eigenvalue weighted by atomic mass is 9.62. The number of hydrogen-bond donors (Lipinski definition) is 0. The molecule has 1 fully saturated rings. The van der Waals surface area contributed by atoms with Crippen LogP contribution in [0.4, 0.5) is 0 Å². The third-order valence-corrected chi connectivity index (χ3v) is 4.40. The van der Waals surface area contributed by atoms with E-state index in [4.69, 9.17) is 4.74 Å². The van der Waals surface area contributed by atoms with Crippen LogP contribution in [-0.4, -0.2) is 12.2 Å². The van der Waals surface area contributed by atoms with Crippen LogP contribution in [0.3, 0.4) is 0 Å². The van der Waals surface area contributed by atoms with Crippen molar-refractivity contribution in [3.63, 3.8) is 0 Å². The molecule has 0 N–H and O–H groups in total. The number of allylic oxidation sites excluding steroid dienone is 1. The van der Waals surface area contributed by atoms with Gasteiger partial charge in [-0.05, 0) is 39.0 Å². The van der Waals surface area contributed by atoms with Gasteiger partial charge in [0, 0.05) is 5.41 Å². The predicted octanol–water partition coefficient (Wildman–Crippen LogP) is 3.40. The van der Waals surface area contributed by atoms with Gasteiger partial charge in [0.1, 0.15) is 0 Å². The van der Waals surface area contributed by atoms with Gasteiger partial charge in [0.2, 0.25) is 0 Å². The average Bonchev–Trinajstić information content (AvgIpc) is 2.29. The van der Waals surface area contributed by atoms with Crippen molar-refractivity contribution in [3.8, 4) is 0 Å². The van der Waals surface area contributed by atoms with Crippen LogP contribution in [0.5, 0.6) is 0 Å². The van der Waals surface area contributed by atoms with Crippen molar-refractivity contribution >= 4 is 0 Å². The third kappa shape index (κ3) is 1.25. The van der Waals surface area contributed by atoms with E-state index in [0.29, 0.717) is 17.3 Å². The van der Waals surface area contributed by atoms with Crippen molar-refractivity contribution in [2.75, 3.05) is 6.61 Å². The van der Waals surface area contributed by atoms with Gasteiger partial charge in [0.25, 0.3) is 0 Å². The van der Waals surface area contributed by atoms with Crippen molar-refractivity contribution in [1.29, 1.82) is 0 Å². The lowest BCUT2D eigenvalue weighted by Gasteiger charge is -2.41. The van der Waals surface area contributed by atoms with Crippen molar-refractivity contribution in [1.82, 2.24) is 0 Å². The summed E-state index contributed by atoms with van der Waals surface area (Å²) < 4.78 is 5.97. The first-order valence-electron chi connectivity index (χ1n) is 5.69. The van der Waals surface area contributed by atoms with Gasteiger partial charge >= 0.3 is 0 Å². The van der Waals surface area contributed by atoms with Crippen molar-refractivity contribution < 1.29 is 4.74 Å². The number of hydrogen-bond acceptors (Lipinski definition) is 1. The molecule has 0 radical (unpaired) electrons. The van der Waals surface area contributed by atoms with Gasteiger partial charge < -0.3 is 4.74 Å². The Morgan fingerprint density at radius 3 is 2.64 bits per heavy atom. The molecule has 0 aromatic rings. The molecule has 0 aromatic carbocycles. The van der Waals surface area contributed by atoms with Crippen LogP contribution in [0.1, 0.15) is 41.0 Å². The van der Waals surface area contributed by atoms with Crippen molar-refractivity contribution in [2.24, 2.45) is 17.3 Å². The van der Waals surface area contributed by atoms with Gasteiger partial charge in [0.15, 0.2) is 0 Å². The normalized spacial score (nSPS) is 45.9. The zero-order chi connectivity index (χ0) is 10.6. The molecule has 2 rings (SSSR count). The molecule has 3 atom stereocenters. The van der Waals surface area contributed by atoms with E-state index in [1.807, 2.05) is 0 Å². The first kappa shape index (κ1) is 10.2. The topological polar surface area (TPSA) is 9.23 Å². The second-order valence-corrected chi connectivity index (χ2v) is 5.92. The van der Waals surface area contributed by atoms with Gasteiger partial charge in [-0.25, -0.2) is 0 Å². The number of rotatable bonds is 0. The van der Waals surface area contributed by atoms with Gasteiger partial charge in [-0.1, -0.05) is 25.5 Å². The largest absolute Gasteiger partial charge is 0.374 e. The Bertz CT molecular complexity index is 277. The zero-order valence-electron chi connectivity index (χ0n) is 10.1. The van der Waals surface area contributed by atoms with Gasteiger partial charge in [-0.15, -0.1) is 0 Å². The molecule has 0 aromatic heterocycles. The molecule has 14 heavy (non-hydrogen) atoms. The molecule has 1 saturated heterocycles. The lowest BCUT2D eigenvalue weighted by molar-refractivity contribution is 0.00698. The van der Waals surface area contributed by atoms with E-state index >= 15 is 0 Å². The van der Waals surface area contributed by atoms with E-state index in [0.717, 1.165) is 6.61 Å². The summed E-state index contributed by atoms with van der Waals surface area (Å²) in [4.78, 5) is 0. The molecule has 1 heteroatoms. The maximum Gasteiger partial charge on any atom is 0.0664 e. The molecular weight excluding hydrogens is 172 g/mol. The molecule has 0 saturated carbocycles.